The number of amides is 1. The number of carbonyl (C=O) groups is 4. The molecule has 0 atom stereocenters. The topological polar surface area (TPSA) is 134 Å². The molecule has 0 saturated heterocycles. The Morgan fingerprint density at radius 2 is 1.44 bits per heavy atom. The van der Waals surface area contributed by atoms with E-state index in [1.165, 1.54) is 12.1 Å². The van der Waals surface area contributed by atoms with Gasteiger partial charge in [0.25, 0.3) is 0 Å². The van der Waals surface area contributed by atoms with Crippen LogP contribution in [0.3, 0.4) is 0 Å². The molecule has 1 heterocycles. The van der Waals surface area contributed by atoms with E-state index in [1.807, 2.05) is 26.0 Å². The molecule has 0 aliphatic carbocycles. The third kappa shape index (κ3) is 7.10. The molecule has 2 aromatic carbocycles. The van der Waals surface area contributed by atoms with Crippen LogP contribution in [0.25, 0.3) is 11.3 Å². The number of rotatable bonds is 12. The van der Waals surface area contributed by atoms with E-state index >= 15 is 0 Å². The van der Waals surface area contributed by atoms with Gasteiger partial charge in [0.1, 0.15) is 23.5 Å². The van der Waals surface area contributed by atoms with Gasteiger partial charge in [-0.1, -0.05) is 13.8 Å². The summed E-state index contributed by atoms with van der Waals surface area (Å²) in [6, 6.07) is 13.5. The second-order valence-electron chi connectivity index (χ2n) is 9.00. The molecular formula is C29H32N2O8. The van der Waals surface area contributed by atoms with Crippen molar-refractivity contribution in [2.75, 3.05) is 13.2 Å². The largest absolute Gasteiger partial charge is 0.464 e. The van der Waals surface area contributed by atoms with E-state index in [0.717, 1.165) is 18.2 Å². The van der Waals surface area contributed by atoms with Crippen LogP contribution in [0.2, 0.25) is 0 Å². The second kappa shape index (κ2) is 12.9. The van der Waals surface area contributed by atoms with Gasteiger partial charge in [-0.15, -0.1) is 0 Å². The van der Waals surface area contributed by atoms with Crippen molar-refractivity contribution in [2.24, 2.45) is 0 Å². The van der Waals surface area contributed by atoms with Crippen molar-refractivity contribution in [3.8, 4) is 22.8 Å². The van der Waals surface area contributed by atoms with Crippen molar-refractivity contribution in [1.82, 2.24) is 10.3 Å². The zero-order valence-corrected chi connectivity index (χ0v) is 22.6. The van der Waals surface area contributed by atoms with E-state index in [4.69, 9.17) is 18.6 Å². The molecule has 0 bridgehead atoms. The van der Waals surface area contributed by atoms with Gasteiger partial charge in [0.15, 0.2) is 11.7 Å². The maximum atomic E-state index is 13.1. The predicted octanol–water partition coefficient (Wildman–Crippen LogP) is 4.83. The van der Waals surface area contributed by atoms with Crippen LogP contribution < -0.4 is 10.1 Å². The smallest absolute Gasteiger partial charge is 0.344 e. The summed E-state index contributed by atoms with van der Waals surface area (Å²) in [6.45, 7) is 8.12. The molecule has 0 spiro atoms. The van der Waals surface area contributed by atoms with Crippen molar-refractivity contribution in [1.29, 1.82) is 0 Å². The number of Topliss-reactive ketones (excluding diaryl/α,β-unsaturated/α-hetero) is 1. The molecule has 39 heavy (non-hydrogen) atoms. The van der Waals surface area contributed by atoms with E-state index in [-0.39, 0.29) is 24.7 Å². The highest BCUT2D eigenvalue weighted by molar-refractivity contribution is 6.13. The van der Waals surface area contributed by atoms with Crippen molar-refractivity contribution >= 4 is 23.6 Å². The number of benzene rings is 2. The molecule has 0 saturated carbocycles. The summed E-state index contributed by atoms with van der Waals surface area (Å²) in [7, 11) is 0. The quantitative estimate of drug-likeness (QED) is 0.196. The van der Waals surface area contributed by atoms with Gasteiger partial charge in [-0.05, 0) is 62.4 Å². The summed E-state index contributed by atoms with van der Waals surface area (Å²) in [5, 5.41) is 2.29. The molecule has 0 radical (unpaired) electrons. The van der Waals surface area contributed by atoms with Crippen LogP contribution in [0, 0.1) is 0 Å². The van der Waals surface area contributed by atoms with Gasteiger partial charge in [0.2, 0.25) is 11.4 Å². The molecule has 1 amide bonds. The SMILES string of the molecule is CCOC(=O)C(CC(=O)c1ccc(Oc2ccc(-c3coc(C(C)C)n3)cc2)cc1)(NC(C)=O)C(=O)OCC. The monoisotopic (exact) mass is 536 g/mol. The van der Waals surface area contributed by atoms with Crippen molar-refractivity contribution in [3.05, 3.63) is 66.2 Å². The number of nitrogens with one attached hydrogen (secondary N) is 1. The lowest BCUT2D eigenvalue weighted by molar-refractivity contribution is -0.167. The Balaban J connectivity index is 1.75. The maximum Gasteiger partial charge on any atom is 0.344 e. The van der Waals surface area contributed by atoms with Gasteiger partial charge in [0, 0.05) is 24.0 Å². The Morgan fingerprint density at radius 1 is 0.897 bits per heavy atom. The molecule has 0 fully saturated rings. The average molecular weight is 537 g/mol. The number of hydrogen-bond acceptors (Lipinski definition) is 9. The predicted molar refractivity (Wildman–Crippen MR) is 141 cm³/mol. The molecule has 206 valence electrons. The first-order valence-electron chi connectivity index (χ1n) is 12.6. The number of hydrogen-bond donors (Lipinski definition) is 1. The number of aromatic nitrogens is 1. The van der Waals surface area contributed by atoms with E-state index in [0.29, 0.717) is 17.4 Å². The molecule has 10 heteroatoms. The van der Waals surface area contributed by atoms with Crippen LogP contribution >= 0.6 is 0 Å². The van der Waals surface area contributed by atoms with Crippen molar-refractivity contribution < 1.29 is 37.8 Å². The average Bonchev–Trinajstić information content (AvgIpc) is 3.40. The van der Waals surface area contributed by atoms with Crippen LogP contribution in [0.5, 0.6) is 11.5 Å². The van der Waals surface area contributed by atoms with E-state index in [2.05, 4.69) is 10.3 Å². The fourth-order valence-electron chi connectivity index (χ4n) is 3.75. The third-order valence-electron chi connectivity index (χ3n) is 5.64. The van der Waals surface area contributed by atoms with Crippen molar-refractivity contribution in [3.63, 3.8) is 0 Å². The van der Waals surface area contributed by atoms with Gasteiger partial charge in [0.05, 0.1) is 19.6 Å². The molecule has 3 rings (SSSR count). The van der Waals surface area contributed by atoms with Gasteiger partial charge < -0.3 is 23.9 Å². The van der Waals surface area contributed by atoms with Crippen LogP contribution in [-0.2, 0) is 23.9 Å². The van der Waals surface area contributed by atoms with Crippen LogP contribution in [0.15, 0.2) is 59.2 Å². The Morgan fingerprint density at radius 3 is 1.90 bits per heavy atom. The summed E-state index contributed by atoms with van der Waals surface area (Å²) < 4.78 is 21.4. The highest BCUT2D eigenvalue weighted by Crippen LogP contribution is 2.28. The van der Waals surface area contributed by atoms with Crippen LogP contribution in [0.1, 0.15) is 63.2 Å². The first-order valence-corrected chi connectivity index (χ1v) is 12.6. The molecule has 0 aliphatic rings. The number of esters is 2. The lowest BCUT2D eigenvalue weighted by Crippen LogP contribution is -2.62. The first kappa shape index (κ1) is 29.1. The summed E-state index contributed by atoms with van der Waals surface area (Å²) in [5.74, 6) is -1.52. The Labute approximate surface area is 226 Å². The fraction of sp³-hybridized carbons (Fsp3) is 0.345. The molecule has 1 aromatic heterocycles. The molecular weight excluding hydrogens is 504 g/mol. The first-order chi connectivity index (χ1) is 18.6. The van der Waals surface area contributed by atoms with Crippen LogP contribution in [-0.4, -0.2) is 47.4 Å². The summed E-state index contributed by atoms with van der Waals surface area (Å²) in [6.07, 6.45) is 0.942. The lowest BCUT2D eigenvalue weighted by atomic mass is 9.89. The maximum absolute atomic E-state index is 13.1. The highest BCUT2D eigenvalue weighted by Gasteiger charge is 2.51. The van der Waals surface area contributed by atoms with E-state index in [9.17, 15) is 19.2 Å². The van der Waals surface area contributed by atoms with Gasteiger partial charge in [-0.2, -0.15) is 0 Å². The molecule has 0 unspecified atom stereocenters. The highest BCUT2D eigenvalue weighted by atomic mass is 16.6. The minimum absolute atomic E-state index is 0.0572. The number of carbonyl (C=O) groups excluding carboxylic acids is 4. The normalized spacial score (nSPS) is 11.1. The fourth-order valence-corrected chi connectivity index (χ4v) is 3.75. The summed E-state index contributed by atoms with van der Waals surface area (Å²) in [4.78, 5) is 55.0. The third-order valence-corrected chi connectivity index (χ3v) is 5.64. The number of ether oxygens (including phenoxy) is 3. The lowest BCUT2D eigenvalue weighted by Gasteiger charge is -2.29. The molecule has 1 N–H and O–H groups in total. The number of ketones is 1. The Hall–Kier alpha value is -4.47. The van der Waals surface area contributed by atoms with Crippen LogP contribution in [0.4, 0.5) is 0 Å². The number of oxazole rings is 1. The minimum atomic E-state index is -2.30. The molecule has 3 aromatic rings. The second-order valence-corrected chi connectivity index (χ2v) is 9.00. The van der Waals surface area contributed by atoms with E-state index in [1.54, 1.807) is 44.4 Å². The zero-order chi connectivity index (χ0) is 28.6. The van der Waals surface area contributed by atoms with Gasteiger partial charge >= 0.3 is 11.9 Å². The van der Waals surface area contributed by atoms with Crippen molar-refractivity contribution in [2.45, 2.75) is 52.5 Å². The number of nitrogens with zero attached hydrogens (tertiary/aromatic N) is 1. The minimum Gasteiger partial charge on any atom is -0.464 e. The Bertz CT molecular complexity index is 1290. The summed E-state index contributed by atoms with van der Waals surface area (Å²) >= 11 is 0. The Kier molecular flexibility index (Phi) is 9.59. The standard InChI is InChI=1S/C29H32N2O8/c1-6-36-27(34)29(31-19(5)32,28(35)37-7-2)16-25(33)21-10-14-23(15-11-21)39-22-12-8-20(9-13-22)24-17-38-26(30-24)18(3)4/h8-15,17-18H,6-7,16H2,1-5H3,(H,31,32). The zero-order valence-electron chi connectivity index (χ0n) is 22.6. The van der Waals surface area contributed by atoms with E-state index < -0.39 is 35.6 Å². The van der Waals surface area contributed by atoms with Gasteiger partial charge in [-0.3, -0.25) is 9.59 Å². The molecule has 10 nitrogen and oxygen atoms in total. The van der Waals surface area contributed by atoms with Gasteiger partial charge in [-0.25, -0.2) is 14.6 Å². The summed E-state index contributed by atoms with van der Waals surface area (Å²) in [5.41, 5.74) is -0.488. The molecule has 0 aliphatic heterocycles.